The number of pyridine rings is 1. The largest absolute Gasteiger partial charge is 0.481 e. The van der Waals surface area contributed by atoms with Gasteiger partial charge in [0, 0.05) is 6.20 Å². The van der Waals surface area contributed by atoms with Crippen molar-refractivity contribution in [3.8, 4) is 0 Å². The van der Waals surface area contributed by atoms with Crippen molar-refractivity contribution in [2.45, 2.75) is 160 Å². The van der Waals surface area contributed by atoms with Crippen LogP contribution in [0.3, 0.4) is 0 Å². The Balaban J connectivity index is 1.40. The fourth-order valence-corrected chi connectivity index (χ4v) is 7.92. The van der Waals surface area contributed by atoms with Crippen molar-refractivity contribution in [2.24, 2.45) is 17.3 Å². The number of carbonyl (C=O) groups is 1. The summed E-state index contributed by atoms with van der Waals surface area (Å²) in [6.45, 7) is 2.21. The molecule has 0 saturated heterocycles. The van der Waals surface area contributed by atoms with Gasteiger partial charge in [-0.3, -0.25) is 4.79 Å². The number of hydrogen-bond acceptors (Lipinski definition) is 6. The van der Waals surface area contributed by atoms with Crippen molar-refractivity contribution in [3.05, 3.63) is 23.9 Å². The normalized spacial score (nSPS) is 24.0. The highest BCUT2D eigenvalue weighted by Gasteiger charge is 2.54. The number of hydrogen-bond donors (Lipinski definition) is 5. The third-order valence-electron chi connectivity index (χ3n) is 10.2. The number of carboxylic acids is 1. The van der Waals surface area contributed by atoms with Gasteiger partial charge in [-0.2, -0.15) is 0 Å². The Kier molecular flexibility index (Phi) is 13.9. The molecular weight excluding hydrogens is 516 g/mol. The number of carboxylic acid groups (broad SMARTS) is 1. The number of aliphatic hydroxyl groups excluding tert-OH is 2. The first-order valence-electron chi connectivity index (χ1n) is 16.7. The number of aromatic nitrogens is 1. The first-order chi connectivity index (χ1) is 19.7. The Morgan fingerprint density at radius 3 is 2.24 bits per heavy atom. The van der Waals surface area contributed by atoms with Gasteiger partial charge in [-0.25, -0.2) is 4.98 Å². The number of anilines is 1. The van der Waals surface area contributed by atoms with Crippen LogP contribution in [-0.2, 0) is 11.2 Å². The second-order valence-corrected chi connectivity index (χ2v) is 13.6. The minimum atomic E-state index is -0.954. The van der Waals surface area contributed by atoms with E-state index in [0.29, 0.717) is 37.4 Å². The first-order valence-corrected chi connectivity index (χ1v) is 16.7. The summed E-state index contributed by atoms with van der Waals surface area (Å²) in [5.41, 5.74) is 6.32. The zero-order valence-corrected chi connectivity index (χ0v) is 25.6. The standard InChI is InChI=1S/C34H58N2O5/c1-2-3-4-5-8-13-28(37)14-9-6-7-10-15-29(32(39)40)30(38)16-20-34(41)24-27(33(25-34)18-11-12-19-33)22-26-17-21-36-31(35)23-26/h17,21,23,27-30,37-38,41H,2-16,18-20,22,24-25H2,1H3,(H2,35,36)(H,39,40). The van der Waals surface area contributed by atoms with Crippen molar-refractivity contribution in [3.63, 3.8) is 0 Å². The molecule has 234 valence electrons. The highest BCUT2D eigenvalue weighted by atomic mass is 16.4. The Hall–Kier alpha value is -1.70. The van der Waals surface area contributed by atoms with Gasteiger partial charge in [0.2, 0.25) is 0 Å². The molecule has 1 aromatic rings. The first kappa shape index (κ1) is 33.8. The molecule has 2 saturated carbocycles. The van der Waals surface area contributed by atoms with Crippen LogP contribution >= 0.6 is 0 Å². The Labute approximate surface area is 248 Å². The van der Waals surface area contributed by atoms with E-state index in [9.17, 15) is 25.2 Å². The fraction of sp³-hybridized carbons (Fsp3) is 0.824. The van der Waals surface area contributed by atoms with Crippen LogP contribution in [0, 0.1) is 17.3 Å². The van der Waals surface area contributed by atoms with Crippen LogP contribution in [0.5, 0.6) is 0 Å². The predicted octanol–water partition coefficient (Wildman–Crippen LogP) is 6.81. The van der Waals surface area contributed by atoms with Gasteiger partial charge in [0.1, 0.15) is 5.82 Å². The lowest BCUT2D eigenvalue weighted by atomic mass is 9.73. The lowest BCUT2D eigenvalue weighted by molar-refractivity contribution is -0.146. The third kappa shape index (κ3) is 10.8. The summed E-state index contributed by atoms with van der Waals surface area (Å²) in [5.74, 6) is -0.881. The molecule has 0 amide bonds. The molecule has 5 atom stereocenters. The van der Waals surface area contributed by atoms with Crippen molar-refractivity contribution >= 4 is 11.8 Å². The number of nitrogens with two attached hydrogens (primary N) is 1. The maximum atomic E-state index is 12.0. The van der Waals surface area contributed by atoms with Gasteiger partial charge in [-0.05, 0) is 93.2 Å². The minimum Gasteiger partial charge on any atom is -0.481 e. The van der Waals surface area contributed by atoms with Crippen LogP contribution < -0.4 is 5.73 Å². The molecule has 0 bridgehead atoms. The smallest absolute Gasteiger partial charge is 0.309 e. The molecule has 1 aromatic heterocycles. The fourth-order valence-electron chi connectivity index (χ4n) is 7.92. The van der Waals surface area contributed by atoms with E-state index in [4.69, 9.17) is 5.73 Å². The van der Waals surface area contributed by atoms with Gasteiger partial charge < -0.3 is 26.2 Å². The summed E-state index contributed by atoms with van der Waals surface area (Å²) < 4.78 is 0. The molecule has 2 fully saturated rings. The van der Waals surface area contributed by atoms with Gasteiger partial charge >= 0.3 is 5.97 Å². The topological polar surface area (TPSA) is 137 Å². The number of aliphatic hydroxyl groups is 3. The summed E-state index contributed by atoms with van der Waals surface area (Å²) >= 11 is 0. The third-order valence-corrected chi connectivity index (χ3v) is 10.2. The van der Waals surface area contributed by atoms with Crippen LogP contribution in [0.25, 0.3) is 0 Å². The number of aliphatic carboxylic acids is 1. The van der Waals surface area contributed by atoms with E-state index in [2.05, 4.69) is 11.9 Å². The Morgan fingerprint density at radius 2 is 1.63 bits per heavy atom. The Bertz CT molecular complexity index is 905. The molecule has 7 heteroatoms. The summed E-state index contributed by atoms with van der Waals surface area (Å²) in [7, 11) is 0. The van der Waals surface area contributed by atoms with Crippen molar-refractivity contribution < 1.29 is 25.2 Å². The lowest BCUT2D eigenvalue weighted by Gasteiger charge is -2.32. The van der Waals surface area contributed by atoms with Crippen LogP contribution in [0.4, 0.5) is 5.82 Å². The molecule has 0 radical (unpaired) electrons. The van der Waals surface area contributed by atoms with Crippen LogP contribution in [0.1, 0.15) is 141 Å². The van der Waals surface area contributed by atoms with E-state index < -0.39 is 23.6 Å². The summed E-state index contributed by atoms with van der Waals surface area (Å²) in [6.07, 6.45) is 20.0. The average molecular weight is 575 g/mol. The molecule has 0 aliphatic heterocycles. The van der Waals surface area contributed by atoms with Crippen molar-refractivity contribution in [2.75, 3.05) is 5.73 Å². The molecule has 5 unspecified atom stereocenters. The zero-order chi connectivity index (χ0) is 29.7. The second-order valence-electron chi connectivity index (χ2n) is 13.6. The lowest BCUT2D eigenvalue weighted by Crippen LogP contribution is -2.33. The van der Waals surface area contributed by atoms with E-state index in [0.717, 1.165) is 76.2 Å². The van der Waals surface area contributed by atoms with E-state index >= 15 is 0 Å². The van der Waals surface area contributed by atoms with Gasteiger partial charge in [0.15, 0.2) is 0 Å². The summed E-state index contributed by atoms with van der Waals surface area (Å²) in [6, 6.07) is 3.94. The SMILES string of the molecule is CCCCCCCC(O)CCCCCCC(C(=O)O)C(O)CCC1(O)CC(Cc2ccnc(N)c2)C2(CCCC2)C1. The molecule has 0 aromatic carbocycles. The van der Waals surface area contributed by atoms with Gasteiger partial charge in [0.25, 0.3) is 0 Å². The van der Waals surface area contributed by atoms with Crippen LogP contribution in [-0.4, -0.2) is 49.2 Å². The molecule has 6 N–H and O–H groups in total. The molecule has 1 spiro atoms. The number of nitrogen functional groups attached to an aromatic ring is 1. The van der Waals surface area contributed by atoms with Crippen LogP contribution in [0.2, 0.25) is 0 Å². The number of rotatable bonds is 20. The Morgan fingerprint density at radius 1 is 1.00 bits per heavy atom. The van der Waals surface area contributed by atoms with Crippen molar-refractivity contribution in [1.29, 1.82) is 0 Å². The highest BCUT2D eigenvalue weighted by molar-refractivity contribution is 5.70. The maximum absolute atomic E-state index is 12.0. The van der Waals surface area contributed by atoms with Gasteiger partial charge in [-0.15, -0.1) is 0 Å². The van der Waals surface area contributed by atoms with E-state index in [1.807, 2.05) is 12.1 Å². The van der Waals surface area contributed by atoms with E-state index in [1.165, 1.54) is 38.5 Å². The molecule has 41 heavy (non-hydrogen) atoms. The molecule has 1 heterocycles. The summed E-state index contributed by atoms with van der Waals surface area (Å²) in [5, 5.41) is 42.6. The molecular formula is C34H58N2O5. The second kappa shape index (κ2) is 16.8. The molecule has 3 rings (SSSR count). The predicted molar refractivity (Wildman–Crippen MR) is 164 cm³/mol. The quantitative estimate of drug-likeness (QED) is 0.108. The maximum Gasteiger partial charge on any atom is 0.309 e. The zero-order valence-electron chi connectivity index (χ0n) is 25.6. The van der Waals surface area contributed by atoms with E-state index in [1.54, 1.807) is 6.20 Å². The van der Waals surface area contributed by atoms with Crippen molar-refractivity contribution in [1.82, 2.24) is 4.98 Å². The molecule has 7 nitrogen and oxygen atoms in total. The monoisotopic (exact) mass is 574 g/mol. The molecule has 2 aliphatic rings. The summed E-state index contributed by atoms with van der Waals surface area (Å²) in [4.78, 5) is 16.1. The molecule has 2 aliphatic carbocycles. The van der Waals surface area contributed by atoms with Gasteiger partial charge in [0.05, 0.1) is 23.7 Å². The number of unbranched alkanes of at least 4 members (excludes halogenated alkanes) is 7. The highest BCUT2D eigenvalue weighted by Crippen LogP contribution is 2.59. The number of nitrogens with zero attached hydrogens (tertiary/aromatic N) is 1. The van der Waals surface area contributed by atoms with Crippen LogP contribution in [0.15, 0.2) is 18.3 Å². The van der Waals surface area contributed by atoms with E-state index in [-0.39, 0.29) is 11.5 Å². The average Bonchev–Trinajstić information content (AvgIpc) is 3.50. The van der Waals surface area contributed by atoms with Gasteiger partial charge in [-0.1, -0.05) is 77.6 Å². The minimum absolute atomic E-state index is 0.118.